The highest BCUT2D eigenvalue weighted by Crippen LogP contribution is 2.26. The smallest absolute Gasteiger partial charge is 0.232 e. The Morgan fingerprint density at radius 2 is 1.73 bits per heavy atom. The monoisotopic (exact) mass is 418 g/mol. The minimum atomic E-state index is 0.175. The predicted octanol–water partition coefficient (Wildman–Crippen LogP) is 3.90. The number of nitrogens with zero attached hydrogens (tertiary/aromatic N) is 6. The number of hydrogen-bond donors (Lipinski definition) is 2. The second kappa shape index (κ2) is 8.50. The Bertz CT molecular complexity index is 1170. The molecule has 4 rings (SSSR count). The first kappa shape index (κ1) is 19.8. The number of hydrogen-bond acceptors (Lipinski definition) is 8. The lowest BCUT2D eigenvalue weighted by atomic mass is 10.1. The molecule has 30 heavy (non-hydrogen) atoms. The van der Waals surface area contributed by atoms with Gasteiger partial charge in [-0.1, -0.05) is 53.7 Å². The van der Waals surface area contributed by atoms with Gasteiger partial charge >= 0.3 is 0 Å². The largest absolute Gasteiger partial charge is 0.368 e. The maximum Gasteiger partial charge on any atom is 0.232 e. The molecule has 0 unspecified atom stereocenters. The van der Waals surface area contributed by atoms with Gasteiger partial charge in [0.25, 0.3) is 0 Å². The average Bonchev–Trinajstić information content (AvgIpc) is 3.08. The third kappa shape index (κ3) is 4.41. The summed E-state index contributed by atoms with van der Waals surface area (Å²) in [4.78, 5) is 12.9. The number of nitrogen functional groups attached to an aromatic ring is 1. The lowest BCUT2D eigenvalue weighted by Crippen LogP contribution is -2.06. The topological polar surface area (TPSA) is 107 Å². The molecule has 152 valence electrons. The van der Waals surface area contributed by atoms with E-state index in [0.717, 1.165) is 27.8 Å². The van der Waals surface area contributed by atoms with E-state index in [4.69, 9.17) is 5.73 Å². The summed E-state index contributed by atoms with van der Waals surface area (Å²) in [5.74, 6) is 2.49. The van der Waals surface area contributed by atoms with E-state index in [1.54, 1.807) is 0 Å². The lowest BCUT2D eigenvalue weighted by molar-refractivity contribution is 0.792. The van der Waals surface area contributed by atoms with E-state index in [1.807, 2.05) is 61.0 Å². The summed E-state index contributed by atoms with van der Waals surface area (Å²) in [5.41, 5.74) is 10.2. The van der Waals surface area contributed by atoms with Crippen LogP contribution in [0.2, 0.25) is 0 Å². The maximum absolute atomic E-state index is 5.89. The fourth-order valence-electron chi connectivity index (χ4n) is 2.95. The lowest BCUT2D eigenvalue weighted by Gasteiger charge is -2.08. The zero-order chi connectivity index (χ0) is 21.1. The van der Waals surface area contributed by atoms with Crippen LogP contribution in [0.15, 0.2) is 53.7 Å². The third-order valence-corrected chi connectivity index (χ3v) is 5.57. The molecule has 2 aromatic carbocycles. The zero-order valence-electron chi connectivity index (χ0n) is 17.0. The van der Waals surface area contributed by atoms with Crippen molar-refractivity contribution in [1.29, 1.82) is 0 Å². The van der Waals surface area contributed by atoms with Crippen molar-refractivity contribution >= 4 is 29.3 Å². The molecule has 0 radical (unpaired) electrons. The number of aromatic nitrogens is 6. The first-order chi connectivity index (χ1) is 14.5. The molecule has 8 nitrogen and oxygen atoms in total. The first-order valence-corrected chi connectivity index (χ1v) is 10.4. The summed E-state index contributed by atoms with van der Waals surface area (Å²) in [7, 11) is 1.95. The molecule has 0 amide bonds. The summed E-state index contributed by atoms with van der Waals surface area (Å²) in [5, 5.41) is 12.6. The van der Waals surface area contributed by atoms with Crippen LogP contribution in [0.4, 0.5) is 17.6 Å². The number of nitrogens with two attached hydrogens (primary N) is 1. The fraction of sp³-hybridized carbons (Fsp3) is 0.190. The van der Waals surface area contributed by atoms with Crippen LogP contribution in [0.25, 0.3) is 11.4 Å². The molecule has 0 aliphatic rings. The maximum atomic E-state index is 5.89. The molecule has 3 N–H and O–H groups in total. The van der Waals surface area contributed by atoms with Crippen molar-refractivity contribution in [2.45, 2.75) is 24.8 Å². The van der Waals surface area contributed by atoms with Crippen LogP contribution in [0.3, 0.4) is 0 Å². The van der Waals surface area contributed by atoms with Gasteiger partial charge in [0.2, 0.25) is 11.9 Å². The van der Waals surface area contributed by atoms with Gasteiger partial charge in [-0.15, -0.1) is 10.2 Å². The highest BCUT2D eigenvalue weighted by molar-refractivity contribution is 7.98. The molecule has 0 aliphatic carbocycles. The van der Waals surface area contributed by atoms with Gasteiger partial charge in [0.15, 0.2) is 11.0 Å². The molecule has 0 aliphatic heterocycles. The van der Waals surface area contributed by atoms with E-state index in [1.165, 1.54) is 17.3 Å². The minimum Gasteiger partial charge on any atom is -0.368 e. The van der Waals surface area contributed by atoms with Crippen LogP contribution in [-0.4, -0.2) is 29.7 Å². The Labute approximate surface area is 179 Å². The second-order valence-corrected chi connectivity index (χ2v) is 7.84. The number of benzene rings is 2. The van der Waals surface area contributed by atoms with E-state index in [9.17, 15) is 0 Å². The normalized spacial score (nSPS) is 10.9. The van der Waals surface area contributed by atoms with Crippen LogP contribution < -0.4 is 11.1 Å². The standard InChI is InChI=1S/C21H22N8S/c1-13-8-10-15(11-9-13)23-20-25-17(24-19(22)26-20)12-30-21-28-27-18(29(21)3)16-7-5-4-6-14(16)2/h4-11H,12H2,1-3H3,(H3,22,23,24,25,26). The van der Waals surface area contributed by atoms with E-state index in [0.29, 0.717) is 17.5 Å². The number of rotatable bonds is 6. The number of aryl methyl sites for hydroxylation is 2. The summed E-state index contributed by atoms with van der Waals surface area (Å²) < 4.78 is 1.98. The second-order valence-electron chi connectivity index (χ2n) is 6.89. The van der Waals surface area contributed by atoms with Crippen molar-refractivity contribution in [3.05, 3.63) is 65.5 Å². The van der Waals surface area contributed by atoms with Gasteiger partial charge in [-0.05, 0) is 31.5 Å². The van der Waals surface area contributed by atoms with Gasteiger partial charge in [-0.3, -0.25) is 0 Å². The van der Waals surface area contributed by atoms with Gasteiger partial charge in [-0.2, -0.15) is 15.0 Å². The van der Waals surface area contributed by atoms with E-state index in [-0.39, 0.29) is 5.95 Å². The molecule has 0 atom stereocenters. The highest BCUT2D eigenvalue weighted by atomic mass is 32.2. The van der Waals surface area contributed by atoms with Crippen molar-refractivity contribution in [3.8, 4) is 11.4 Å². The third-order valence-electron chi connectivity index (χ3n) is 4.56. The quantitative estimate of drug-likeness (QED) is 0.454. The zero-order valence-corrected chi connectivity index (χ0v) is 17.8. The molecule has 0 fully saturated rings. The molecular formula is C21H22N8S. The van der Waals surface area contributed by atoms with Gasteiger partial charge < -0.3 is 15.6 Å². The first-order valence-electron chi connectivity index (χ1n) is 9.42. The molecule has 0 saturated carbocycles. The van der Waals surface area contributed by atoms with Gasteiger partial charge in [0.1, 0.15) is 5.82 Å². The van der Waals surface area contributed by atoms with Crippen LogP contribution in [0, 0.1) is 13.8 Å². The summed E-state index contributed by atoms with van der Waals surface area (Å²) >= 11 is 1.50. The van der Waals surface area contributed by atoms with E-state index in [2.05, 4.69) is 43.5 Å². The Morgan fingerprint density at radius 1 is 0.967 bits per heavy atom. The van der Waals surface area contributed by atoms with Gasteiger partial charge in [0.05, 0.1) is 5.75 Å². The Balaban J connectivity index is 1.50. The molecule has 0 saturated heterocycles. The van der Waals surface area contributed by atoms with Crippen molar-refractivity contribution in [3.63, 3.8) is 0 Å². The van der Waals surface area contributed by atoms with Gasteiger partial charge in [-0.25, -0.2) is 0 Å². The number of anilines is 3. The molecule has 2 heterocycles. The van der Waals surface area contributed by atoms with Crippen molar-refractivity contribution in [1.82, 2.24) is 29.7 Å². The molecular weight excluding hydrogens is 396 g/mol. The van der Waals surface area contributed by atoms with Crippen molar-refractivity contribution < 1.29 is 0 Å². The molecule has 0 spiro atoms. The van der Waals surface area contributed by atoms with Crippen molar-refractivity contribution in [2.24, 2.45) is 7.05 Å². The molecule has 4 aromatic rings. The average molecular weight is 419 g/mol. The molecule has 0 bridgehead atoms. The molecule has 9 heteroatoms. The SMILES string of the molecule is Cc1ccc(Nc2nc(N)nc(CSc3nnc(-c4ccccc4C)n3C)n2)cc1. The Kier molecular flexibility index (Phi) is 5.62. The molecule has 2 aromatic heterocycles. The summed E-state index contributed by atoms with van der Waals surface area (Å²) in [6.45, 7) is 4.10. The predicted molar refractivity (Wildman–Crippen MR) is 119 cm³/mol. The summed E-state index contributed by atoms with van der Waals surface area (Å²) in [6, 6.07) is 16.1. The number of thioether (sulfide) groups is 1. The number of nitrogens with one attached hydrogen (secondary N) is 1. The Morgan fingerprint density at radius 3 is 2.50 bits per heavy atom. The Hall–Kier alpha value is -3.46. The fourth-order valence-corrected chi connectivity index (χ4v) is 3.72. The minimum absolute atomic E-state index is 0.175. The van der Waals surface area contributed by atoms with Crippen LogP contribution in [-0.2, 0) is 12.8 Å². The van der Waals surface area contributed by atoms with E-state index >= 15 is 0 Å². The summed E-state index contributed by atoms with van der Waals surface area (Å²) in [6.07, 6.45) is 0. The van der Waals surface area contributed by atoms with Crippen LogP contribution in [0.5, 0.6) is 0 Å². The van der Waals surface area contributed by atoms with Crippen LogP contribution in [0.1, 0.15) is 17.0 Å². The van der Waals surface area contributed by atoms with Crippen molar-refractivity contribution in [2.75, 3.05) is 11.1 Å². The highest BCUT2D eigenvalue weighted by Gasteiger charge is 2.14. The van der Waals surface area contributed by atoms with Crippen LogP contribution >= 0.6 is 11.8 Å². The van der Waals surface area contributed by atoms with Gasteiger partial charge in [0, 0.05) is 18.3 Å². The van der Waals surface area contributed by atoms with E-state index < -0.39 is 0 Å².